The molecule has 0 radical (unpaired) electrons. The van der Waals surface area contributed by atoms with Crippen LogP contribution in [-0.2, 0) is 16.1 Å². The zero-order valence-corrected chi connectivity index (χ0v) is 15.4. The summed E-state index contributed by atoms with van der Waals surface area (Å²) in [5.41, 5.74) is 1.39. The first-order chi connectivity index (χ1) is 13.0. The maximum absolute atomic E-state index is 12.9. The van der Waals surface area contributed by atoms with Crippen LogP contribution in [0.4, 0.5) is 0 Å². The zero-order chi connectivity index (χ0) is 19.2. The van der Waals surface area contributed by atoms with Gasteiger partial charge in [-0.3, -0.25) is 9.59 Å². The maximum atomic E-state index is 12.9. The van der Waals surface area contributed by atoms with E-state index in [-0.39, 0.29) is 18.9 Å². The van der Waals surface area contributed by atoms with Crippen molar-refractivity contribution in [2.45, 2.75) is 19.1 Å². The van der Waals surface area contributed by atoms with E-state index in [2.05, 4.69) is 0 Å². The van der Waals surface area contributed by atoms with Crippen molar-refractivity contribution < 1.29 is 24.2 Å². The Morgan fingerprint density at radius 2 is 1.93 bits per heavy atom. The van der Waals surface area contributed by atoms with Crippen LogP contribution in [-0.4, -0.2) is 47.7 Å². The number of nitrogens with zero attached hydrogens (tertiary/aromatic N) is 1. The summed E-state index contributed by atoms with van der Waals surface area (Å²) >= 11 is 5.89. The summed E-state index contributed by atoms with van der Waals surface area (Å²) in [6, 6.07) is 14.3. The maximum Gasteiger partial charge on any atom is 0.306 e. The molecule has 1 aliphatic heterocycles. The number of hydrogen-bond acceptors (Lipinski definition) is 4. The van der Waals surface area contributed by atoms with Crippen LogP contribution in [0.2, 0.25) is 5.02 Å². The number of carboxylic acids is 1. The number of para-hydroxylation sites is 1. The second-order valence-electron chi connectivity index (χ2n) is 6.25. The van der Waals surface area contributed by atoms with E-state index in [0.29, 0.717) is 36.1 Å². The van der Waals surface area contributed by atoms with Gasteiger partial charge in [-0.25, -0.2) is 0 Å². The van der Waals surface area contributed by atoms with Crippen molar-refractivity contribution in [3.8, 4) is 5.75 Å². The van der Waals surface area contributed by atoms with E-state index in [1.165, 1.54) is 0 Å². The highest BCUT2D eigenvalue weighted by Crippen LogP contribution is 2.23. The second kappa shape index (κ2) is 8.88. The zero-order valence-electron chi connectivity index (χ0n) is 14.6. The molecule has 0 aliphatic carbocycles. The number of morpholine rings is 1. The molecule has 1 fully saturated rings. The number of carbonyl (C=O) groups is 2. The molecule has 3 rings (SSSR count). The number of benzene rings is 2. The third-order valence-corrected chi connectivity index (χ3v) is 4.51. The molecule has 0 spiro atoms. The summed E-state index contributed by atoms with van der Waals surface area (Å²) in [4.78, 5) is 25.4. The van der Waals surface area contributed by atoms with Gasteiger partial charge in [0.2, 0.25) is 0 Å². The molecule has 0 aromatic heterocycles. The normalized spacial score (nSPS) is 16.8. The minimum absolute atomic E-state index is 0.126. The second-order valence-corrected chi connectivity index (χ2v) is 6.69. The van der Waals surface area contributed by atoms with Crippen molar-refractivity contribution >= 4 is 23.5 Å². The number of carboxylic acid groups (broad SMARTS) is 1. The number of amides is 1. The largest absolute Gasteiger partial charge is 0.488 e. The molecule has 1 heterocycles. The molecule has 6 nitrogen and oxygen atoms in total. The first-order valence-corrected chi connectivity index (χ1v) is 8.99. The van der Waals surface area contributed by atoms with Gasteiger partial charge in [-0.15, -0.1) is 0 Å². The van der Waals surface area contributed by atoms with Crippen molar-refractivity contribution in [3.63, 3.8) is 0 Å². The molecular formula is C20H20ClNO5. The highest BCUT2D eigenvalue weighted by atomic mass is 35.5. The Labute approximate surface area is 162 Å². The van der Waals surface area contributed by atoms with Gasteiger partial charge in [-0.1, -0.05) is 35.9 Å². The number of carbonyl (C=O) groups excluding carboxylic acids is 1. The van der Waals surface area contributed by atoms with Gasteiger partial charge in [0.25, 0.3) is 5.91 Å². The fourth-order valence-electron chi connectivity index (χ4n) is 2.90. The van der Waals surface area contributed by atoms with Gasteiger partial charge in [0.05, 0.1) is 24.7 Å². The lowest BCUT2D eigenvalue weighted by atomic mass is 10.1. The topological polar surface area (TPSA) is 76.1 Å². The average Bonchev–Trinajstić information content (AvgIpc) is 2.67. The number of aliphatic carboxylic acids is 1. The van der Waals surface area contributed by atoms with Crippen LogP contribution in [0.1, 0.15) is 22.3 Å². The standard InChI is InChI=1S/C20H20ClNO5/c21-15-7-5-14(6-8-15)13-27-18-4-2-1-3-17(18)20(25)22-9-10-26-16(12-22)11-19(23)24/h1-8,16H,9-13H2,(H,23,24). The summed E-state index contributed by atoms with van der Waals surface area (Å²) < 4.78 is 11.3. The summed E-state index contributed by atoms with van der Waals surface area (Å²) in [7, 11) is 0. The van der Waals surface area contributed by atoms with Gasteiger partial charge in [-0.2, -0.15) is 0 Å². The molecule has 27 heavy (non-hydrogen) atoms. The van der Waals surface area contributed by atoms with Gasteiger partial charge < -0.3 is 19.5 Å². The predicted octanol–water partition coefficient (Wildman–Crippen LogP) is 3.23. The van der Waals surface area contributed by atoms with Crippen LogP contribution in [0, 0.1) is 0 Å². The van der Waals surface area contributed by atoms with Crippen molar-refractivity contribution in [1.29, 1.82) is 0 Å². The van der Waals surface area contributed by atoms with Gasteiger partial charge in [-0.05, 0) is 29.8 Å². The molecule has 1 N–H and O–H groups in total. The Morgan fingerprint density at radius 1 is 1.19 bits per heavy atom. The van der Waals surface area contributed by atoms with Crippen LogP contribution >= 0.6 is 11.6 Å². The first kappa shape index (κ1) is 19.2. The van der Waals surface area contributed by atoms with E-state index in [1.807, 2.05) is 12.1 Å². The predicted molar refractivity (Wildman–Crippen MR) is 100 cm³/mol. The number of rotatable bonds is 6. The molecule has 1 atom stereocenters. The van der Waals surface area contributed by atoms with Gasteiger partial charge >= 0.3 is 5.97 Å². The fourth-order valence-corrected chi connectivity index (χ4v) is 3.03. The molecule has 2 aromatic rings. The van der Waals surface area contributed by atoms with Gasteiger partial charge in [0, 0.05) is 18.1 Å². The Kier molecular flexibility index (Phi) is 6.32. The van der Waals surface area contributed by atoms with Crippen LogP contribution in [0.25, 0.3) is 0 Å². The molecule has 1 unspecified atom stereocenters. The van der Waals surface area contributed by atoms with Crippen molar-refractivity contribution in [3.05, 3.63) is 64.7 Å². The van der Waals surface area contributed by atoms with Crippen LogP contribution in [0.3, 0.4) is 0 Å². The van der Waals surface area contributed by atoms with Crippen molar-refractivity contribution in [2.75, 3.05) is 19.7 Å². The van der Waals surface area contributed by atoms with Crippen LogP contribution in [0.15, 0.2) is 48.5 Å². The van der Waals surface area contributed by atoms with E-state index >= 15 is 0 Å². The average molecular weight is 390 g/mol. The third-order valence-electron chi connectivity index (χ3n) is 4.25. The van der Waals surface area contributed by atoms with Crippen molar-refractivity contribution in [1.82, 2.24) is 4.90 Å². The lowest BCUT2D eigenvalue weighted by Crippen LogP contribution is -2.46. The van der Waals surface area contributed by atoms with Gasteiger partial charge in [0.15, 0.2) is 0 Å². The minimum atomic E-state index is -0.944. The van der Waals surface area contributed by atoms with Crippen LogP contribution in [0.5, 0.6) is 5.75 Å². The van der Waals surface area contributed by atoms with E-state index in [9.17, 15) is 9.59 Å². The van der Waals surface area contributed by atoms with E-state index in [4.69, 9.17) is 26.2 Å². The molecule has 2 aromatic carbocycles. The monoisotopic (exact) mass is 389 g/mol. The molecule has 0 saturated carbocycles. The smallest absolute Gasteiger partial charge is 0.306 e. The SMILES string of the molecule is O=C(O)CC1CN(C(=O)c2ccccc2OCc2ccc(Cl)cc2)CCO1. The summed E-state index contributed by atoms with van der Waals surface area (Å²) in [5.74, 6) is -0.653. The number of halogens is 1. The fraction of sp³-hybridized carbons (Fsp3) is 0.300. The molecule has 1 amide bonds. The lowest BCUT2D eigenvalue weighted by Gasteiger charge is -2.32. The molecule has 7 heteroatoms. The Hall–Kier alpha value is -2.57. The number of hydrogen-bond donors (Lipinski definition) is 1. The Balaban J connectivity index is 1.69. The highest BCUT2D eigenvalue weighted by molar-refractivity contribution is 6.30. The van der Waals surface area contributed by atoms with E-state index < -0.39 is 12.1 Å². The van der Waals surface area contributed by atoms with Crippen molar-refractivity contribution in [2.24, 2.45) is 0 Å². The Bertz CT molecular complexity index is 808. The molecule has 1 saturated heterocycles. The number of ether oxygens (including phenoxy) is 2. The van der Waals surface area contributed by atoms with E-state index in [1.54, 1.807) is 41.3 Å². The molecular weight excluding hydrogens is 370 g/mol. The third kappa shape index (κ3) is 5.21. The molecule has 1 aliphatic rings. The van der Waals surface area contributed by atoms with E-state index in [0.717, 1.165) is 5.56 Å². The molecule has 0 bridgehead atoms. The first-order valence-electron chi connectivity index (χ1n) is 8.62. The summed E-state index contributed by atoms with van der Waals surface area (Å²) in [6.07, 6.45) is -0.624. The van der Waals surface area contributed by atoms with Gasteiger partial charge in [0.1, 0.15) is 12.4 Å². The van der Waals surface area contributed by atoms with Crippen LogP contribution < -0.4 is 4.74 Å². The quantitative estimate of drug-likeness (QED) is 0.820. The minimum Gasteiger partial charge on any atom is -0.488 e. The lowest BCUT2D eigenvalue weighted by molar-refractivity contribution is -0.141. The summed E-state index contributed by atoms with van der Waals surface area (Å²) in [5, 5.41) is 9.59. The highest BCUT2D eigenvalue weighted by Gasteiger charge is 2.28. The molecule has 142 valence electrons. The summed E-state index contributed by atoms with van der Waals surface area (Å²) in [6.45, 7) is 1.29. The Morgan fingerprint density at radius 3 is 2.67 bits per heavy atom.